The molecule has 1 unspecified atom stereocenters. The van der Waals surface area contributed by atoms with E-state index >= 15 is 0 Å². The standard InChI is InChI=1S/C14H15N5OS2/c20-14-18(15-16-19(14)13-6-3-9-22-13)10-17-7-1-4-11(17)12-5-2-8-21-12/h2-3,5-6,8-9,11H,1,4,7,10H2/p+1/t11-/m1/s1. The van der Waals surface area contributed by atoms with E-state index in [9.17, 15) is 4.79 Å². The fourth-order valence-corrected chi connectivity index (χ4v) is 4.62. The molecular weight excluding hydrogens is 318 g/mol. The monoisotopic (exact) mass is 334 g/mol. The Morgan fingerprint density at radius 3 is 2.86 bits per heavy atom. The third kappa shape index (κ3) is 2.43. The van der Waals surface area contributed by atoms with Crippen molar-refractivity contribution in [1.82, 2.24) is 19.8 Å². The highest BCUT2D eigenvalue weighted by molar-refractivity contribution is 7.12. The summed E-state index contributed by atoms with van der Waals surface area (Å²) in [5.74, 6) is 0. The molecule has 0 radical (unpaired) electrons. The van der Waals surface area contributed by atoms with E-state index in [-0.39, 0.29) is 5.69 Å². The van der Waals surface area contributed by atoms with Crippen LogP contribution in [0.2, 0.25) is 0 Å². The van der Waals surface area contributed by atoms with Crippen LogP contribution in [0.25, 0.3) is 5.00 Å². The average Bonchev–Trinajstić information content (AvgIpc) is 3.26. The van der Waals surface area contributed by atoms with Gasteiger partial charge in [-0.1, -0.05) is 6.07 Å². The van der Waals surface area contributed by atoms with Crippen LogP contribution in [0.15, 0.2) is 39.8 Å². The number of likely N-dealkylation sites (tertiary alicyclic amines) is 1. The molecule has 6 nitrogen and oxygen atoms in total. The summed E-state index contributed by atoms with van der Waals surface area (Å²) in [6.45, 7) is 1.65. The number of tetrazole rings is 1. The first-order valence-electron chi connectivity index (χ1n) is 7.27. The van der Waals surface area contributed by atoms with Crippen molar-refractivity contribution in [1.29, 1.82) is 0 Å². The third-order valence-electron chi connectivity index (χ3n) is 4.08. The van der Waals surface area contributed by atoms with Crippen LogP contribution in [0.1, 0.15) is 23.8 Å². The minimum atomic E-state index is -0.160. The Morgan fingerprint density at radius 2 is 2.09 bits per heavy atom. The number of aromatic nitrogens is 4. The first-order chi connectivity index (χ1) is 10.8. The Hall–Kier alpha value is -1.77. The second kappa shape index (κ2) is 5.79. The van der Waals surface area contributed by atoms with Crippen molar-refractivity contribution in [3.05, 3.63) is 50.4 Å². The zero-order chi connectivity index (χ0) is 14.9. The Bertz CT molecular complexity index is 790. The summed E-state index contributed by atoms with van der Waals surface area (Å²) in [6, 6.07) is 8.53. The predicted molar refractivity (Wildman–Crippen MR) is 85.6 cm³/mol. The molecule has 22 heavy (non-hydrogen) atoms. The smallest absolute Gasteiger partial charge is 0.309 e. The molecule has 8 heteroatoms. The molecule has 0 amide bonds. The summed E-state index contributed by atoms with van der Waals surface area (Å²) in [7, 11) is 0. The second-order valence-corrected chi connectivity index (χ2v) is 7.31. The molecule has 0 aliphatic carbocycles. The van der Waals surface area contributed by atoms with Gasteiger partial charge < -0.3 is 4.90 Å². The molecule has 0 aromatic carbocycles. The van der Waals surface area contributed by atoms with Crippen LogP contribution >= 0.6 is 22.7 Å². The van der Waals surface area contributed by atoms with Gasteiger partial charge in [0.25, 0.3) is 0 Å². The van der Waals surface area contributed by atoms with Gasteiger partial charge in [0.05, 0.1) is 11.4 Å². The minimum absolute atomic E-state index is 0.160. The van der Waals surface area contributed by atoms with Crippen LogP contribution in [0.5, 0.6) is 0 Å². The maximum absolute atomic E-state index is 12.4. The Labute approximate surface area is 135 Å². The lowest BCUT2D eigenvalue weighted by atomic mass is 10.2. The summed E-state index contributed by atoms with van der Waals surface area (Å²) < 4.78 is 2.86. The summed E-state index contributed by atoms with van der Waals surface area (Å²) in [5, 5.41) is 12.9. The number of nitrogens with one attached hydrogen (secondary N) is 1. The minimum Gasteiger partial charge on any atom is -0.309 e. The molecule has 0 spiro atoms. The van der Waals surface area contributed by atoms with Gasteiger partial charge in [0.1, 0.15) is 11.0 Å². The number of rotatable bonds is 4. The van der Waals surface area contributed by atoms with Gasteiger partial charge in [-0.15, -0.1) is 32.0 Å². The largest absolute Gasteiger partial charge is 0.374 e. The summed E-state index contributed by atoms with van der Waals surface area (Å²) in [6.07, 6.45) is 2.36. The molecule has 1 aliphatic rings. The van der Waals surface area contributed by atoms with Crippen molar-refractivity contribution in [2.24, 2.45) is 0 Å². The van der Waals surface area contributed by atoms with Gasteiger partial charge in [0.15, 0.2) is 6.67 Å². The average molecular weight is 334 g/mol. The van der Waals surface area contributed by atoms with Gasteiger partial charge in [0.2, 0.25) is 0 Å². The van der Waals surface area contributed by atoms with Gasteiger partial charge in [-0.2, -0.15) is 0 Å². The van der Waals surface area contributed by atoms with Gasteiger partial charge in [-0.25, -0.2) is 4.79 Å². The van der Waals surface area contributed by atoms with Crippen molar-refractivity contribution >= 4 is 22.7 Å². The number of thiophene rings is 2. The van der Waals surface area contributed by atoms with E-state index < -0.39 is 0 Å². The predicted octanol–water partition coefficient (Wildman–Crippen LogP) is 0.929. The summed E-state index contributed by atoms with van der Waals surface area (Å²) >= 11 is 3.28. The van der Waals surface area contributed by atoms with Gasteiger partial charge >= 0.3 is 5.69 Å². The maximum atomic E-state index is 12.4. The number of hydrogen-bond donors (Lipinski definition) is 1. The zero-order valence-electron chi connectivity index (χ0n) is 11.9. The highest BCUT2D eigenvalue weighted by Crippen LogP contribution is 2.23. The van der Waals surface area contributed by atoms with E-state index in [0.29, 0.717) is 12.7 Å². The normalized spacial score (nSPS) is 21.5. The second-order valence-electron chi connectivity index (χ2n) is 5.40. The fourth-order valence-electron chi connectivity index (χ4n) is 3.03. The van der Waals surface area contributed by atoms with Crippen molar-refractivity contribution in [3.63, 3.8) is 0 Å². The van der Waals surface area contributed by atoms with E-state index in [4.69, 9.17) is 0 Å². The molecule has 114 valence electrons. The third-order valence-corrected chi connectivity index (χ3v) is 5.91. The molecule has 0 bridgehead atoms. The molecule has 3 aromatic heterocycles. The molecule has 0 saturated carbocycles. The Morgan fingerprint density at radius 1 is 1.23 bits per heavy atom. The Kier molecular flexibility index (Phi) is 3.65. The molecule has 2 atom stereocenters. The quantitative estimate of drug-likeness (QED) is 0.772. The molecule has 3 aromatic rings. The lowest BCUT2D eigenvalue weighted by molar-refractivity contribution is -0.941. The van der Waals surface area contributed by atoms with Gasteiger partial charge in [-0.3, -0.25) is 0 Å². The van der Waals surface area contributed by atoms with Crippen LogP contribution in [0.4, 0.5) is 0 Å². The van der Waals surface area contributed by atoms with E-state index in [0.717, 1.165) is 11.5 Å². The highest BCUT2D eigenvalue weighted by Gasteiger charge is 2.31. The Balaban J connectivity index is 1.58. The number of quaternary nitrogens is 1. The van der Waals surface area contributed by atoms with Gasteiger partial charge in [0, 0.05) is 12.8 Å². The van der Waals surface area contributed by atoms with Crippen molar-refractivity contribution < 1.29 is 4.90 Å². The number of nitrogens with zero attached hydrogens (tertiary/aromatic N) is 4. The lowest BCUT2D eigenvalue weighted by Crippen LogP contribution is -3.09. The molecule has 1 N–H and O–H groups in total. The van der Waals surface area contributed by atoms with Crippen LogP contribution in [0.3, 0.4) is 0 Å². The zero-order valence-corrected chi connectivity index (χ0v) is 13.5. The van der Waals surface area contributed by atoms with Crippen molar-refractivity contribution in [2.45, 2.75) is 25.6 Å². The lowest BCUT2D eigenvalue weighted by Gasteiger charge is -2.19. The molecule has 4 rings (SSSR count). The van der Waals surface area contributed by atoms with Crippen molar-refractivity contribution in [3.8, 4) is 5.00 Å². The summed E-state index contributed by atoms with van der Waals surface area (Å²) in [4.78, 5) is 15.2. The first-order valence-corrected chi connectivity index (χ1v) is 9.03. The first kappa shape index (κ1) is 13.9. The van der Waals surface area contributed by atoms with Crippen molar-refractivity contribution in [2.75, 3.05) is 6.54 Å². The fraction of sp³-hybridized carbons (Fsp3) is 0.357. The molecule has 4 heterocycles. The molecule has 1 fully saturated rings. The van der Waals surface area contributed by atoms with Crippen LogP contribution in [0, 0.1) is 0 Å². The molecule has 1 saturated heterocycles. The van der Waals surface area contributed by atoms with Gasteiger partial charge in [-0.05, 0) is 39.4 Å². The van der Waals surface area contributed by atoms with Crippen LogP contribution in [-0.4, -0.2) is 26.3 Å². The molecule has 1 aliphatic heterocycles. The SMILES string of the molecule is O=c1n(C[NH+]2CCC[C@@H]2c2cccs2)nnn1-c1cccs1. The van der Waals surface area contributed by atoms with E-state index in [1.807, 2.05) is 17.5 Å². The maximum Gasteiger partial charge on any atom is 0.374 e. The van der Waals surface area contributed by atoms with E-state index in [1.54, 1.807) is 11.3 Å². The van der Waals surface area contributed by atoms with E-state index in [2.05, 4.69) is 27.9 Å². The van der Waals surface area contributed by atoms with Crippen LogP contribution in [-0.2, 0) is 6.67 Å². The van der Waals surface area contributed by atoms with Crippen LogP contribution < -0.4 is 10.6 Å². The topological polar surface area (TPSA) is 57.1 Å². The van der Waals surface area contributed by atoms with E-state index in [1.165, 1.54) is 43.3 Å². The summed E-state index contributed by atoms with van der Waals surface area (Å²) in [5.41, 5.74) is -0.160. The molecular formula is C14H16N5OS2+. The number of hydrogen-bond acceptors (Lipinski definition) is 5. The highest BCUT2D eigenvalue weighted by atomic mass is 32.1.